The lowest BCUT2D eigenvalue weighted by atomic mass is 10.1. The first kappa shape index (κ1) is 19.3. The smallest absolute Gasteiger partial charge is 0.312 e. The van der Waals surface area contributed by atoms with Gasteiger partial charge in [0, 0.05) is 17.5 Å². The molecule has 0 radical (unpaired) electrons. The minimum absolute atomic E-state index is 0.512. The van der Waals surface area contributed by atoms with Crippen LogP contribution < -0.4 is 4.72 Å². The number of aromatic nitrogens is 4. The van der Waals surface area contributed by atoms with Crippen LogP contribution in [0, 0.1) is 6.92 Å². The minimum atomic E-state index is -4.37. The van der Waals surface area contributed by atoms with Crippen molar-refractivity contribution < 1.29 is 13.2 Å². The van der Waals surface area contributed by atoms with Crippen LogP contribution in [0.3, 0.4) is 0 Å². The number of imidazole rings is 1. The Labute approximate surface area is 169 Å². The Balaban J connectivity index is 1.66. The van der Waals surface area contributed by atoms with Crippen LogP contribution in [0.5, 0.6) is 0 Å². The van der Waals surface area contributed by atoms with E-state index in [0.29, 0.717) is 28.4 Å². The van der Waals surface area contributed by atoms with Gasteiger partial charge >= 0.3 is 6.18 Å². The second kappa shape index (κ2) is 7.40. The van der Waals surface area contributed by atoms with Gasteiger partial charge in [0.25, 0.3) is 0 Å². The SMILES string of the molecule is Cc1ccc(SNc2ncnc3c2nc(-c2ccc(C(F)(F)F)cc2)n3C)cc1. The van der Waals surface area contributed by atoms with Gasteiger partial charge in [0.2, 0.25) is 0 Å². The molecule has 0 aliphatic carbocycles. The molecule has 0 saturated heterocycles. The van der Waals surface area contributed by atoms with Crippen LogP contribution in [0.25, 0.3) is 22.6 Å². The standard InChI is InChI=1S/C20H16F3N5S/c1-12-3-9-15(10-4-12)29-27-17-16-19(25-11-24-17)28(2)18(26-16)13-5-7-14(8-6-13)20(21,22)23/h3-11H,1-2H3,(H,24,25,27). The van der Waals surface area contributed by atoms with Gasteiger partial charge in [0.15, 0.2) is 17.0 Å². The first-order valence-electron chi connectivity index (χ1n) is 8.67. The van der Waals surface area contributed by atoms with Crippen LogP contribution in [0.2, 0.25) is 0 Å². The summed E-state index contributed by atoms with van der Waals surface area (Å²) in [7, 11) is 1.77. The van der Waals surface area contributed by atoms with E-state index in [1.807, 2.05) is 31.2 Å². The van der Waals surface area contributed by atoms with Crippen LogP contribution in [0.15, 0.2) is 59.8 Å². The quantitative estimate of drug-likeness (QED) is 0.448. The molecule has 4 rings (SSSR count). The molecule has 0 bridgehead atoms. The van der Waals surface area contributed by atoms with Crippen molar-refractivity contribution in [3.63, 3.8) is 0 Å². The Hall–Kier alpha value is -3.07. The molecule has 0 saturated carbocycles. The van der Waals surface area contributed by atoms with Crippen LogP contribution in [-0.2, 0) is 13.2 Å². The summed E-state index contributed by atoms with van der Waals surface area (Å²) in [6.07, 6.45) is -2.95. The largest absolute Gasteiger partial charge is 0.416 e. The van der Waals surface area contributed by atoms with Crippen LogP contribution >= 0.6 is 11.9 Å². The molecule has 2 aromatic carbocycles. The maximum absolute atomic E-state index is 12.8. The van der Waals surface area contributed by atoms with Gasteiger partial charge < -0.3 is 9.29 Å². The fourth-order valence-corrected chi connectivity index (χ4v) is 3.49. The third-order valence-electron chi connectivity index (χ3n) is 4.41. The number of anilines is 1. The van der Waals surface area contributed by atoms with Crippen molar-refractivity contribution in [2.24, 2.45) is 7.05 Å². The van der Waals surface area contributed by atoms with E-state index < -0.39 is 11.7 Å². The predicted octanol–water partition coefficient (Wildman–Crippen LogP) is 5.48. The van der Waals surface area contributed by atoms with E-state index in [1.54, 1.807) is 11.6 Å². The molecule has 29 heavy (non-hydrogen) atoms. The van der Waals surface area contributed by atoms with E-state index >= 15 is 0 Å². The number of hydrogen-bond donors (Lipinski definition) is 1. The van der Waals surface area contributed by atoms with Crippen molar-refractivity contribution >= 4 is 28.9 Å². The highest BCUT2D eigenvalue weighted by molar-refractivity contribution is 8.00. The second-order valence-corrected chi connectivity index (χ2v) is 7.36. The molecule has 0 aliphatic rings. The van der Waals surface area contributed by atoms with Crippen LogP contribution in [0.4, 0.5) is 19.0 Å². The van der Waals surface area contributed by atoms with E-state index in [1.165, 1.54) is 36.0 Å². The summed E-state index contributed by atoms with van der Waals surface area (Å²) >= 11 is 1.40. The number of rotatable bonds is 4. The van der Waals surface area contributed by atoms with Gasteiger partial charge in [-0.15, -0.1) is 0 Å². The third-order valence-corrected chi connectivity index (χ3v) is 5.22. The van der Waals surface area contributed by atoms with E-state index in [0.717, 1.165) is 17.0 Å². The first-order valence-corrected chi connectivity index (χ1v) is 9.49. The zero-order valence-corrected chi connectivity index (χ0v) is 16.3. The summed E-state index contributed by atoms with van der Waals surface area (Å²) in [5.41, 5.74) is 2.17. The summed E-state index contributed by atoms with van der Waals surface area (Å²) in [5.74, 6) is 1.05. The fourth-order valence-electron chi connectivity index (χ4n) is 2.85. The lowest BCUT2D eigenvalue weighted by Crippen LogP contribution is -2.04. The molecule has 0 spiro atoms. The number of fused-ring (bicyclic) bond motifs is 1. The van der Waals surface area contributed by atoms with Gasteiger partial charge in [-0.3, -0.25) is 0 Å². The summed E-state index contributed by atoms with van der Waals surface area (Å²) in [5, 5.41) is 0. The van der Waals surface area contributed by atoms with Crippen molar-refractivity contribution in [3.8, 4) is 11.4 Å². The number of nitrogens with one attached hydrogen (secondary N) is 1. The van der Waals surface area contributed by atoms with E-state index in [9.17, 15) is 13.2 Å². The molecule has 0 fully saturated rings. The summed E-state index contributed by atoms with van der Waals surface area (Å²) in [6, 6.07) is 12.9. The Kier molecular flexibility index (Phi) is 4.91. The number of hydrogen-bond acceptors (Lipinski definition) is 5. The Morgan fingerprint density at radius 1 is 0.966 bits per heavy atom. The third kappa shape index (κ3) is 3.91. The van der Waals surface area contributed by atoms with Crippen molar-refractivity contribution in [1.29, 1.82) is 0 Å². The molecule has 148 valence electrons. The highest BCUT2D eigenvalue weighted by atomic mass is 32.2. The fraction of sp³-hybridized carbons (Fsp3) is 0.150. The van der Waals surface area contributed by atoms with Gasteiger partial charge in [-0.1, -0.05) is 29.8 Å². The van der Waals surface area contributed by atoms with Crippen molar-refractivity contribution in [1.82, 2.24) is 19.5 Å². The summed E-state index contributed by atoms with van der Waals surface area (Å²) in [6.45, 7) is 2.02. The predicted molar refractivity (Wildman–Crippen MR) is 107 cm³/mol. The van der Waals surface area contributed by atoms with E-state index in [4.69, 9.17) is 0 Å². The topological polar surface area (TPSA) is 55.6 Å². The van der Waals surface area contributed by atoms with Gasteiger partial charge in [-0.05, 0) is 43.1 Å². The molecular formula is C20H16F3N5S. The van der Waals surface area contributed by atoms with Crippen molar-refractivity contribution in [2.75, 3.05) is 4.72 Å². The Morgan fingerprint density at radius 3 is 2.31 bits per heavy atom. The van der Waals surface area contributed by atoms with Gasteiger partial charge in [-0.25, -0.2) is 15.0 Å². The maximum Gasteiger partial charge on any atom is 0.416 e. The van der Waals surface area contributed by atoms with E-state index in [2.05, 4.69) is 19.7 Å². The Bertz CT molecular complexity index is 1150. The number of aryl methyl sites for hydroxylation is 2. The lowest BCUT2D eigenvalue weighted by Gasteiger charge is -2.07. The number of halogens is 3. The molecule has 1 N–H and O–H groups in total. The summed E-state index contributed by atoms with van der Waals surface area (Å²) < 4.78 is 43.4. The minimum Gasteiger partial charge on any atom is -0.312 e. The zero-order chi connectivity index (χ0) is 20.6. The Morgan fingerprint density at radius 2 is 1.66 bits per heavy atom. The monoisotopic (exact) mass is 415 g/mol. The zero-order valence-electron chi connectivity index (χ0n) is 15.5. The number of nitrogens with zero attached hydrogens (tertiary/aromatic N) is 4. The maximum atomic E-state index is 12.8. The van der Waals surface area contributed by atoms with Crippen LogP contribution in [0.1, 0.15) is 11.1 Å². The molecule has 9 heteroatoms. The number of alkyl halides is 3. The number of benzene rings is 2. The summed E-state index contributed by atoms with van der Waals surface area (Å²) in [4.78, 5) is 14.1. The van der Waals surface area contributed by atoms with E-state index in [-0.39, 0.29) is 0 Å². The average Bonchev–Trinajstić information content (AvgIpc) is 3.04. The molecule has 0 atom stereocenters. The highest BCUT2D eigenvalue weighted by Gasteiger charge is 2.30. The normalized spacial score (nSPS) is 11.8. The molecule has 5 nitrogen and oxygen atoms in total. The molecule has 0 unspecified atom stereocenters. The second-order valence-electron chi connectivity index (χ2n) is 6.48. The van der Waals surface area contributed by atoms with Crippen LogP contribution in [-0.4, -0.2) is 19.5 Å². The molecule has 0 aliphatic heterocycles. The average molecular weight is 415 g/mol. The highest BCUT2D eigenvalue weighted by Crippen LogP contribution is 2.32. The molecule has 2 aromatic heterocycles. The molecular weight excluding hydrogens is 399 g/mol. The van der Waals surface area contributed by atoms with Crippen molar-refractivity contribution in [3.05, 3.63) is 66.0 Å². The van der Waals surface area contributed by atoms with Gasteiger partial charge in [0.1, 0.15) is 12.2 Å². The van der Waals surface area contributed by atoms with Crippen molar-refractivity contribution in [2.45, 2.75) is 18.0 Å². The van der Waals surface area contributed by atoms with Gasteiger partial charge in [-0.2, -0.15) is 13.2 Å². The van der Waals surface area contributed by atoms with Gasteiger partial charge in [0.05, 0.1) is 5.56 Å². The lowest BCUT2D eigenvalue weighted by molar-refractivity contribution is -0.137. The molecule has 4 aromatic rings. The first-order chi connectivity index (χ1) is 13.8. The molecule has 0 amide bonds. The molecule has 2 heterocycles.